The van der Waals surface area contributed by atoms with E-state index in [1.807, 2.05) is 6.92 Å². The molecule has 0 aromatic heterocycles. The van der Waals surface area contributed by atoms with Crippen molar-refractivity contribution in [2.24, 2.45) is 16.7 Å². The van der Waals surface area contributed by atoms with E-state index in [1.165, 1.54) is 62.5 Å². The summed E-state index contributed by atoms with van der Waals surface area (Å²) in [6, 6.07) is 9.46. The molecule has 1 aromatic carbocycles. The van der Waals surface area contributed by atoms with Crippen LogP contribution in [0.3, 0.4) is 0 Å². The maximum absolute atomic E-state index is 12.2. The van der Waals surface area contributed by atoms with Gasteiger partial charge in [-0.05, 0) is 111 Å². The summed E-state index contributed by atoms with van der Waals surface area (Å²) in [4.78, 5) is 12.8. The topological polar surface area (TPSA) is 26.3 Å². The minimum absolute atomic E-state index is 0.0285. The summed E-state index contributed by atoms with van der Waals surface area (Å²) in [5.41, 5.74) is 4.14. The molecule has 0 spiro atoms. The molecule has 4 fully saturated rings. The van der Waals surface area contributed by atoms with Gasteiger partial charge in [-0.1, -0.05) is 60.5 Å². The average molecular weight is 504 g/mol. The number of rotatable bonds is 9. The van der Waals surface area contributed by atoms with Crippen LogP contribution in [0.2, 0.25) is 0 Å². The Balaban J connectivity index is 1.28. The molecule has 0 amide bonds. The van der Waals surface area contributed by atoms with E-state index in [1.54, 1.807) is 0 Å². The first-order chi connectivity index (χ1) is 15.5. The number of hydrogen-bond acceptors (Lipinski definition) is 2. The monoisotopic (exact) mass is 502 g/mol. The largest absolute Gasteiger partial charge is 0.465 e. The van der Waals surface area contributed by atoms with Crippen molar-refractivity contribution < 1.29 is 9.53 Å². The quantitative estimate of drug-likeness (QED) is 0.250. The zero-order chi connectivity index (χ0) is 22.6. The number of fused-ring (bicyclic) bond motifs is 3. The van der Waals surface area contributed by atoms with Crippen LogP contribution in [0.25, 0.3) is 0 Å². The smallest absolute Gasteiger partial charge is 0.308 e. The van der Waals surface area contributed by atoms with E-state index in [0.717, 1.165) is 38.5 Å². The van der Waals surface area contributed by atoms with Crippen molar-refractivity contribution in [1.29, 1.82) is 0 Å². The Morgan fingerprint density at radius 1 is 0.969 bits per heavy atom. The lowest BCUT2D eigenvalue weighted by Gasteiger charge is -2.55. The zero-order valence-electron chi connectivity index (χ0n) is 20.3. The SMILES string of the molecule is CCCOC(=O)[C@H]1CC[C@H](c2ccc(CC(Br)C34CCC(CCC)(CC3)CC4)cc2)CC1. The molecule has 0 aliphatic heterocycles. The Labute approximate surface area is 204 Å². The number of halogens is 1. The molecule has 0 heterocycles. The van der Waals surface area contributed by atoms with Crippen molar-refractivity contribution in [3.63, 3.8) is 0 Å². The van der Waals surface area contributed by atoms with E-state index in [9.17, 15) is 4.79 Å². The van der Waals surface area contributed by atoms with Gasteiger partial charge in [-0.2, -0.15) is 0 Å². The van der Waals surface area contributed by atoms with Gasteiger partial charge >= 0.3 is 5.97 Å². The molecule has 0 radical (unpaired) electrons. The number of benzene rings is 1. The van der Waals surface area contributed by atoms with E-state index in [2.05, 4.69) is 47.1 Å². The van der Waals surface area contributed by atoms with Crippen LogP contribution in [0.4, 0.5) is 0 Å². The van der Waals surface area contributed by atoms with E-state index in [-0.39, 0.29) is 11.9 Å². The molecular formula is C29H43BrO2. The number of carbonyl (C=O) groups is 1. The number of ether oxygens (including phenoxy) is 1. The van der Waals surface area contributed by atoms with Crippen LogP contribution in [0.1, 0.15) is 114 Å². The summed E-state index contributed by atoms with van der Waals surface area (Å²) in [6.45, 7) is 4.97. The third-order valence-electron chi connectivity index (χ3n) is 9.28. The minimum atomic E-state index is 0.0285. The molecule has 0 N–H and O–H groups in total. The predicted molar refractivity (Wildman–Crippen MR) is 136 cm³/mol. The third kappa shape index (κ3) is 5.29. The standard InChI is InChI=1S/C29H43BrO2/c1-3-13-28-14-17-29(18-15-28,19-16-28)26(30)21-22-5-7-23(8-6-22)24-9-11-25(12-10-24)27(31)32-20-4-2/h5-8,24-26H,3-4,9-21H2,1-2H3/t24-,25-,26?,28?,29?. The molecule has 0 saturated heterocycles. The number of hydrogen-bond donors (Lipinski definition) is 0. The Kier molecular flexibility index (Phi) is 8.06. The average Bonchev–Trinajstić information content (AvgIpc) is 2.84. The molecular weight excluding hydrogens is 460 g/mol. The maximum atomic E-state index is 12.2. The van der Waals surface area contributed by atoms with Crippen LogP contribution in [0, 0.1) is 16.7 Å². The van der Waals surface area contributed by atoms with Crippen molar-refractivity contribution in [2.75, 3.05) is 6.61 Å². The Morgan fingerprint density at radius 3 is 2.16 bits per heavy atom. The van der Waals surface area contributed by atoms with Gasteiger partial charge in [-0.25, -0.2) is 0 Å². The fourth-order valence-corrected chi connectivity index (χ4v) is 8.06. The summed E-state index contributed by atoms with van der Waals surface area (Å²) in [5.74, 6) is 0.745. The van der Waals surface area contributed by atoms with Gasteiger partial charge in [0.15, 0.2) is 0 Å². The van der Waals surface area contributed by atoms with Crippen molar-refractivity contribution in [3.05, 3.63) is 35.4 Å². The highest BCUT2D eigenvalue weighted by Crippen LogP contribution is 2.61. The molecule has 178 valence electrons. The van der Waals surface area contributed by atoms with Crippen LogP contribution in [0.5, 0.6) is 0 Å². The molecule has 4 aliphatic carbocycles. The van der Waals surface area contributed by atoms with Gasteiger partial charge in [0.1, 0.15) is 0 Å². The number of carbonyl (C=O) groups excluding carboxylic acids is 1. The van der Waals surface area contributed by atoms with Crippen molar-refractivity contribution in [2.45, 2.75) is 114 Å². The van der Waals surface area contributed by atoms with Gasteiger partial charge in [-0.3, -0.25) is 4.79 Å². The van der Waals surface area contributed by atoms with Gasteiger partial charge in [-0.15, -0.1) is 0 Å². The molecule has 1 atom stereocenters. The zero-order valence-corrected chi connectivity index (χ0v) is 21.9. The van der Waals surface area contributed by atoms with Crippen LogP contribution in [0.15, 0.2) is 24.3 Å². The lowest BCUT2D eigenvalue weighted by Crippen LogP contribution is -2.46. The molecule has 3 heteroatoms. The van der Waals surface area contributed by atoms with Crippen LogP contribution >= 0.6 is 15.9 Å². The normalized spacial score (nSPS) is 33.1. The first kappa shape index (κ1) is 24.3. The molecule has 2 bridgehead atoms. The van der Waals surface area contributed by atoms with E-state index in [0.29, 0.717) is 28.2 Å². The molecule has 1 aromatic rings. The lowest BCUT2D eigenvalue weighted by atomic mass is 9.51. The maximum Gasteiger partial charge on any atom is 0.308 e. The summed E-state index contributed by atoms with van der Waals surface area (Å²) >= 11 is 4.16. The van der Waals surface area contributed by atoms with Crippen molar-refractivity contribution in [1.82, 2.24) is 0 Å². The number of esters is 1. The van der Waals surface area contributed by atoms with E-state index in [4.69, 9.17) is 4.74 Å². The fourth-order valence-electron chi connectivity index (χ4n) is 7.00. The van der Waals surface area contributed by atoms with E-state index < -0.39 is 0 Å². The third-order valence-corrected chi connectivity index (χ3v) is 10.6. The first-order valence-corrected chi connectivity index (χ1v) is 14.3. The highest BCUT2D eigenvalue weighted by molar-refractivity contribution is 9.09. The predicted octanol–water partition coefficient (Wildman–Crippen LogP) is 8.36. The second-order valence-electron chi connectivity index (χ2n) is 11.2. The van der Waals surface area contributed by atoms with Gasteiger partial charge in [0.2, 0.25) is 0 Å². The van der Waals surface area contributed by atoms with Crippen LogP contribution in [-0.2, 0) is 16.0 Å². The number of alkyl halides is 1. The summed E-state index contributed by atoms with van der Waals surface area (Å²) < 4.78 is 5.37. The van der Waals surface area contributed by atoms with Gasteiger partial charge < -0.3 is 4.74 Å². The van der Waals surface area contributed by atoms with E-state index >= 15 is 0 Å². The summed E-state index contributed by atoms with van der Waals surface area (Å²) in [5, 5.41) is 0. The lowest BCUT2D eigenvalue weighted by molar-refractivity contribution is -0.149. The minimum Gasteiger partial charge on any atom is -0.465 e. The Hall–Kier alpha value is -0.830. The van der Waals surface area contributed by atoms with Gasteiger partial charge in [0, 0.05) is 4.83 Å². The fraction of sp³-hybridized carbons (Fsp3) is 0.759. The van der Waals surface area contributed by atoms with Crippen molar-refractivity contribution in [3.8, 4) is 0 Å². The second kappa shape index (κ2) is 10.6. The summed E-state index contributed by atoms with van der Waals surface area (Å²) in [7, 11) is 0. The first-order valence-electron chi connectivity index (χ1n) is 13.4. The molecule has 1 unspecified atom stereocenters. The molecule has 4 aliphatic rings. The molecule has 4 saturated carbocycles. The highest BCUT2D eigenvalue weighted by Gasteiger charge is 2.50. The van der Waals surface area contributed by atoms with Crippen LogP contribution in [-0.4, -0.2) is 17.4 Å². The van der Waals surface area contributed by atoms with Gasteiger partial charge in [0.25, 0.3) is 0 Å². The second-order valence-corrected chi connectivity index (χ2v) is 12.3. The molecule has 5 rings (SSSR count). The van der Waals surface area contributed by atoms with Crippen molar-refractivity contribution >= 4 is 21.9 Å². The molecule has 32 heavy (non-hydrogen) atoms. The highest BCUT2D eigenvalue weighted by atomic mass is 79.9. The molecule has 2 nitrogen and oxygen atoms in total. The Bertz CT molecular complexity index is 722. The van der Waals surface area contributed by atoms with Crippen LogP contribution < -0.4 is 0 Å². The van der Waals surface area contributed by atoms with Gasteiger partial charge in [0.05, 0.1) is 12.5 Å². The Morgan fingerprint density at radius 2 is 1.59 bits per heavy atom. The summed E-state index contributed by atoms with van der Waals surface area (Å²) in [6.07, 6.45) is 17.6.